The van der Waals surface area contributed by atoms with Crippen LogP contribution < -0.4 is 0 Å². The number of rotatable bonds is 3. The highest BCUT2D eigenvalue weighted by atomic mass is 32.2. The molecule has 0 radical (unpaired) electrons. The predicted molar refractivity (Wildman–Crippen MR) is 58.0 cm³/mol. The van der Waals surface area contributed by atoms with Crippen LogP contribution in [0.25, 0.3) is 0 Å². The normalized spacial score (nSPS) is 20.5. The van der Waals surface area contributed by atoms with Crippen LogP contribution in [0.5, 0.6) is 0 Å². The van der Waals surface area contributed by atoms with Crippen molar-refractivity contribution in [2.75, 3.05) is 20.1 Å². The highest BCUT2D eigenvalue weighted by molar-refractivity contribution is 8.14. The van der Waals surface area contributed by atoms with Gasteiger partial charge < -0.3 is 4.90 Å². The lowest BCUT2D eigenvalue weighted by atomic mass is 10.1. The van der Waals surface area contributed by atoms with E-state index in [1.54, 1.807) is 11.8 Å². The van der Waals surface area contributed by atoms with Crippen molar-refractivity contribution < 1.29 is 4.79 Å². The van der Waals surface area contributed by atoms with Crippen LogP contribution in [0.15, 0.2) is 0 Å². The summed E-state index contributed by atoms with van der Waals surface area (Å²) in [5.74, 6) is 0. The summed E-state index contributed by atoms with van der Waals surface area (Å²) in [5, 5.41) is 0.979. The fourth-order valence-corrected chi connectivity index (χ4v) is 2.69. The van der Waals surface area contributed by atoms with Crippen molar-refractivity contribution in [1.29, 1.82) is 0 Å². The van der Waals surface area contributed by atoms with Gasteiger partial charge in [-0.1, -0.05) is 18.7 Å². The lowest BCUT2D eigenvalue weighted by molar-refractivity contribution is -0.111. The zero-order valence-corrected chi connectivity index (χ0v) is 9.40. The summed E-state index contributed by atoms with van der Waals surface area (Å²) in [7, 11) is 2.15. The van der Waals surface area contributed by atoms with Crippen molar-refractivity contribution >= 4 is 16.9 Å². The Morgan fingerprint density at radius 1 is 1.46 bits per heavy atom. The SMILES string of the molecule is CCCC(=O)SC1CCN(C)CC1. The van der Waals surface area contributed by atoms with Gasteiger partial charge >= 0.3 is 0 Å². The molecule has 0 N–H and O–H groups in total. The fourth-order valence-electron chi connectivity index (χ4n) is 1.55. The molecule has 0 amide bonds. The number of carbonyl (C=O) groups excluding carboxylic acids is 1. The molecule has 0 aromatic carbocycles. The van der Waals surface area contributed by atoms with Crippen LogP contribution in [-0.4, -0.2) is 35.4 Å². The van der Waals surface area contributed by atoms with Gasteiger partial charge in [0, 0.05) is 11.7 Å². The highest BCUT2D eigenvalue weighted by Gasteiger charge is 2.19. The number of carbonyl (C=O) groups is 1. The fraction of sp³-hybridized carbons (Fsp3) is 0.900. The minimum Gasteiger partial charge on any atom is -0.306 e. The topological polar surface area (TPSA) is 20.3 Å². The van der Waals surface area contributed by atoms with Crippen LogP contribution >= 0.6 is 11.8 Å². The van der Waals surface area contributed by atoms with Gasteiger partial charge in [-0.25, -0.2) is 0 Å². The van der Waals surface area contributed by atoms with E-state index in [0.717, 1.165) is 25.9 Å². The molecule has 0 aromatic heterocycles. The Kier molecular flexibility index (Phi) is 4.81. The van der Waals surface area contributed by atoms with Gasteiger partial charge in [-0.05, 0) is 39.4 Å². The summed E-state index contributed by atoms with van der Waals surface area (Å²) in [6, 6.07) is 0. The molecular weight excluding hydrogens is 182 g/mol. The Balaban J connectivity index is 2.18. The Hall–Kier alpha value is -0.0200. The first-order chi connectivity index (χ1) is 6.22. The summed E-state index contributed by atoms with van der Waals surface area (Å²) < 4.78 is 0. The van der Waals surface area contributed by atoms with E-state index in [2.05, 4.69) is 18.9 Å². The molecule has 0 saturated carbocycles. The van der Waals surface area contributed by atoms with Gasteiger partial charge in [0.25, 0.3) is 0 Å². The van der Waals surface area contributed by atoms with Crippen LogP contribution in [-0.2, 0) is 4.79 Å². The smallest absolute Gasteiger partial charge is 0.189 e. The third-order valence-electron chi connectivity index (χ3n) is 2.42. The minimum atomic E-state index is 0.386. The van der Waals surface area contributed by atoms with E-state index in [1.807, 2.05) is 0 Å². The standard InChI is InChI=1S/C10H19NOS/c1-3-4-10(12)13-9-5-7-11(2)8-6-9/h9H,3-8H2,1-2H3. The highest BCUT2D eigenvalue weighted by Crippen LogP contribution is 2.24. The van der Waals surface area contributed by atoms with Gasteiger partial charge in [-0.15, -0.1) is 0 Å². The third-order valence-corrected chi connectivity index (χ3v) is 3.69. The molecule has 1 aliphatic rings. The van der Waals surface area contributed by atoms with Crippen molar-refractivity contribution in [3.8, 4) is 0 Å². The Morgan fingerprint density at radius 2 is 2.08 bits per heavy atom. The number of hydrogen-bond donors (Lipinski definition) is 0. The molecule has 0 aliphatic carbocycles. The molecule has 76 valence electrons. The van der Waals surface area contributed by atoms with Gasteiger partial charge in [0.15, 0.2) is 5.12 Å². The van der Waals surface area contributed by atoms with Crippen LogP contribution in [0.2, 0.25) is 0 Å². The van der Waals surface area contributed by atoms with Crippen LogP contribution in [0.3, 0.4) is 0 Å². The molecular formula is C10H19NOS. The van der Waals surface area contributed by atoms with E-state index in [-0.39, 0.29) is 0 Å². The van der Waals surface area contributed by atoms with E-state index in [9.17, 15) is 4.79 Å². The monoisotopic (exact) mass is 201 g/mol. The number of nitrogens with zero attached hydrogens (tertiary/aromatic N) is 1. The van der Waals surface area contributed by atoms with E-state index in [1.165, 1.54) is 12.8 Å². The molecule has 0 aromatic rings. The molecule has 13 heavy (non-hydrogen) atoms. The molecule has 1 heterocycles. The van der Waals surface area contributed by atoms with Crippen molar-refractivity contribution in [2.24, 2.45) is 0 Å². The Morgan fingerprint density at radius 3 is 2.62 bits per heavy atom. The molecule has 1 aliphatic heterocycles. The zero-order chi connectivity index (χ0) is 9.68. The first kappa shape index (κ1) is 11.1. The predicted octanol–water partition coefficient (Wildman–Crippen LogP) is 2.14. The zero-order valence-electron chi connectivity index (χ0n) is 8.58. The minimum absolute atomic E-state index is 0.386. The molecule has 0 bridgehead atoms. The first-order valence-electron chi connectivity index (χ1n) is 5.10. The van der Waals surface area contributed by atoms with Crippen LogP contribution in [0.1, 0.15) is 32.6 Å². The van der Waals surface area contributed by atoms with Gasteiger partial charge in [0.1, 0.15) is 0 Å². The van der Waals surface area contributed by atoms with E-state index < -0.39 is 0 Å². The number of likely N-dealkylation sites (tertiary alicyclic amines) is 1. The van der Waals surface area contributed by atoms with Gasteiger partial charge in [-0.3, -0.25) is 4.79 Å². The lowest BCUT2D eigenvalue weighted by Gasteiger charge is -2.27. The van der Waals surface area contributed by atoms with E-state index in [0.29, 0.717) is 10.4 Å². The van der Waals surface area contributed by atoms with Crippen molar-refractivity contribution in [2.45, 2.75) is 37.9 Å². The molecule has 0 unspecified atom stereocenters. The molecule has 1 saturated heterocycles. The van der Waals surface area contributed by atoms with Crippen molar-refractivity contribution in [1.82, 2.24) is 4.90 Å². The molecule has 0 spiro atoms. The summed E-state index contributed by atoms with van der Waals surface area (Å²) in [6.07, 6.45) is 4.09. The second-order valence-corrected chi connectivity index (χ2v) is 5.10. The van der Waals surface area contributed by atoms with Crippen LogP contribution in [0, 0.1) is 0 Å². The second kappa shape index (κ2) is 5.66. The molecule has 1 fully saturated rings. The first-order valence-corrected chi connectivity index (χ1v) is 5.98. The van der Waals surface area contributed by atoms with Crippen molar-refractivity contribution in [3.63, 3.8) is 0 Å². The van der Waals surface area contributed by atoms with Crippen LogP contribution in [0.4, 0.5) is 0 Å². The van der Waals surface area contributed by atoms with E-state index >= 15 is 0 Å². The maximum Gasteiger partial charge on any atom is 0.189 e. The lowest BCUT2D eigenvalue weighted by Crippen LogP contribution is -2.31. The van der Waals surface area contributed by atoms with Gasteiger partial charge in [-0.2, -0.15) is 0 Å². The van der Waals surface area contributed by atoms with Gasteiger partial charge in [0.2, 0.25) is 0 Å². The maximum atomic E-state index is 11.3. The third kappa shape index (κ3) is 4.14. The molecule has 2 nitrogen and oxygen atoms in total. The summed E-state index contributed by atoms with van der Waals surface area (Å²) >= 11 is 1.58. The summed E-state index contributed by atoms with van der Waals surface area (Å²) in [4.78, 5) is 13.7. The van der Waals surface area contributed by atoms with Gasteiger partial charge in [0.05, 0.1) is 0 Å². The average molecular weight is 201 g/mol. The van der Waals surface area contributed by atoms with E-state index in [4.69, 9.17) is 0 Å². The quantitative estimate of drug-likeness (QED) is 0.698. The molecule has 3 heteroatoms. The number of hydrogen-bond acceptors (Lipinski definition) is 3. The number of piperidine rings is 1. The average Bonchev–Trinajstić information content (AvgIpc) is 2.09. The second-order valence-electron chi connectivity index (χ2n) is 3.74. The summed E-state index contributed by atoms with van der Waals surface area (Å²) in [6.45, 7) is 4.36. The van der Waals surface area contributed by atoms with Crippen molar-refractivity contribution in [3.05, 3.63) is 0 Å². The summed E-state index contributed by atoms with van der Waals surface area (Å²) in [5.41, 5.74) is 0. The largest absolute Gasteiger partial charge is 0.306 e. The number of thioether (sulfide) groups is 1. The molecule has 0 atom stereocenters. The Bertz CT molecular complexity index is 164. The maximum absolute atomic E-state index is 11.3. The molecule has 1 rings (SSSR count). The Labute approximate surface area is 85.1 Å².